The van der Waals surface area contributed by atoms with Gasteiger partial charge < -0.3 is 0 Å². The van der Waals surface area contributed by atoms with Gasteiger partial charge in [-0.05, 0) is 50.7 Å². The van der Waals surface area contributed by atoms with E-state index in [0.717, 1.165) is 63.1 Å². The first kappa shape index (κ1) is 34.6. The van der Waals surface area contributed by atoms with Crippen molar-refractivity contribution in [3.8, 4) is 0 Å². The summed E-state index contributed by atoms with van der Waals surface area (Å²) in [6, 6.07) is 10.8. The Morgan fingerprint density at radius 3 is 1.11 bits per heavy atom. The van der Waals surface area contributed by atoms with Gasteiger partial charge in [0, 0.05) is 0 Å². The molecule has 0 spiro atoms. The van der Waals surface area contributed by atoms with E-state index in [1.807, 2.05) is 0 Å². The minimum Gasteiger partial charge on any atom is -0.170 e. The van der Waals surface area contributed by atoms with Crippen LogP contribution in [0.25, 0.3) is 0 Å². The second-order valence-electron chi connectivity index (χ2n) is 10.9. The van der Waals surface area contributed by atoms with E-state index in [4.69, 9.17) is 13.6 Å². The molecule has 0 radical (unpaired) electrons. The lowest BCUT2D eigenvalue weighted by molar-refractivity contribution is 0.0373. The quantitative estimate of drug-likeness (QED) is 0.0917. The Hall–Kier alpha value is -0.470. The van der Waals surface area contributed by atoms with Gasteiger partial charge in [-0.2, -0.15) is 13.6 Å². The van der Waals surface area contributed by atoms with Gasteiger partial charge in [-0.25, -0.2) is 0 Å². The molecule has 0 bridgehead atoms. The minimum atomic E-state index is -2.75. The maximum atomic E-state index is 7.24. The van der Waals surface area contributed by atoms with Crippen molar-refractivity contribution in [1.82, 2.24) is 0 Å². The number of hydrogen-bond acceptors (Lipinski definition) is 3. The van der Waals surface area contributed by atoms with E-state index >= 15 is 0 Å². The number of hydrogen-bond donors (Lipinski definition) is 0. The summed E-state index contributed by atoms with van der Waals surface area (Å²) in [5, 5.41) is 1.12. The van der Waals surface area contributed by atoms with Crippen LogP contribution >= 0.6 is 7.94 Å². The topological polar surface area (TPSA) is 27.7 Å². The van der Waals surface area contributed by atoms with E-state index in [0.29, 0.717) is 0 Å². The Kier molecular flexibility index (Phi) is 20.9. The van der Waals surface area contributed by atoms with Crippen LogP contribution in [0, 0.1) is 0 Å². The van der Waals surface area contributed by atoms with Crippen molar-refractivity contribution < 1.29 is 13.6 Å². The average molecular weight is 538 g/mol. The monoisotopic (exact) mass is 537 g/mol. The Morgan fingerprint density at radius 2 is 0.811 bits per heavy atom. The first-order valence-corrected chi connectivity index (χ1v) is 17.6. The van der Waals surface area contributed by atoms with Gasteiger partial charge in [0.25, 0.3) is 0 Å². The van der Waals surface area contributed by atoms with Crippen LogP contribution in [0.3, 0.4) is 0 Å². The predicted octanol–water partition coefficient (Wildman–Crippen LogP) is 11.4. The van der Waals surface area contributed by atoms with E-state index in [1.54, 1.807) is 0 Å². The molecule has 37 heavy (non-hydrogen) atoms. The van der Waals surface area contributed by atoms with Crippen molar-refractivity contribution in [3.63, 3.8) is 0 Å². The molecular weight excluding hydrogens is 475 g/mol. The SMILES string of the molecule is CCCCCC(CCC)O[P+](OC(CCC)CCCCC)(OC(CCC)CCCCC)c1ccccc1. The van der Waals surface area contributed by atoms with Crippen molar-refractivity contribution in [3.05, 3.63) is 30.3 Å². The second-order valence-corrected chi connectivity index (χ2v) is 13.0. The van der Waals surface area contributed by atoms with Gasteiger partial charge in [0.05, 0.1) is 0 Å². The fourth-order valence-electron chi connectivity index (χ4n) is 5.04. The summed E-state index contributed by atoms with van der Waals surface area (Å²) >= 11 is 0. The lowest BCUT2D eigenvalue weighted by Crippen LogP contribution is -2.31. The van der Waals surface area contributed by atoms with Gasteiger partial charge in [-0.15, -0.1) is 0 Å². The summed E-state index contributed by atoms with van der Waals surface area (Å²) < 4.78 is 21.7. The van der Waals surface area contributed by atoms with E-state index < -0.39 is 7.94 Å². The first-order chi connectivity index (χ1) is 18.1. The van der Waals surface area contributed by atoms with Crippen LogP contribution in [0.15, 0.2) is 30.3 Å². The summed E-state index contributed by atoms with van der Waals surface area (Å²) in [5.41, 5.74) is 0. The Balaban J connectivity index is 3.45. The molecule has 3 unspecified atom stereocenters. The number of benzene rings is 1. The molecule has 0 aliphatic heterocycles. The summed E-state index contributed by atoms with van der Waals surface area (Å²) in [5.74, 6) is 0. The van der Waals surface area contributed by atoms with Crippen LogP contribution in [0.5, 0.6) is 0 Å². The zero-order chi connectivity index (χ0) is 27.2. The highest BCUT2D eigenvalue weighted by Crippen LogP contribution is 2.65. The maximum Gasteiger partial charge on any atom is 0.449 e. The zero-order valence-corrected chi connectivity index (χ0v) is 26.4. The van der Waals surface area contributed by atoms with Crippen LogP contribution in [0.4, 0.5) is 0 Å². The molecule has 0 fully saturated rings. The summed E-state index contributed by atoms with van der Waals surface area (Å²) in [6.45, 7) is 13.7. The van der Waals surface area contributed by atoms with Crippen LogP contribution in [-0.2, 0) is 13.6 Å². The van der Waals surface area contributed by atoms with E-state index in [1.165, 1.54) is 57.8 Å². The molecule has 1 aromatic carbocycles. The molecule has 0 saturated heterocycles. The molecule has 0 aliphatic rings. The molecule has 1 aromatic rings. The molecule has 0 saturated carbocycles. The first-order valence-electron chi connectivity index (χ1n) is 16.1. The summed E-state index contributed by atoms with van der Waals surface area (Å²) in [7, 11) is -2.75. The van der Waals surface area contributed by atoms with Gasteiger partial charge in [0.15, 0.2) is 5.30 Å². The molecule has 4 heteroatoms. The lowest BCUT2D eigenvalue weighted by atomic mass is 10.1. The lowest BCUT2D eigenvalue weighted by Gasteiger charge is -2.32. The molecule has 216 valence electrons. The van der Waals surface area contributed by atoms with Crippen molar-refractivity contribution in [1.29, 1.82) is 0 Å². The van der Waals surface area contributed by atoms with E-state index in [-0.39, 0.29) is 18.3 Å². The molecule has 0 aromatic heterocycles. The zero-order valence-electron chi connectivity index (χ0n) is 25.5. The molecule has 1 rings (SSSR count). The second kappa shape index (κ2) is 22.4. The molecule has 0 heterocycles. The molecule has 3 nitrogen and oxygen atoms in total. The van der Waals surface area contributed by atoms with Crippen molar-refractivity contribution in [2.75, 3.05) is 0 Å². The molecule has 0 N–H and O–H groups in total. The van der Waals surface area contributed by atoms with Crippen LogP contribution in [-0.4, -0.2) is 18.3 Å². The molecule has 0 amide bonds. The summed E-state index contributed by atoms with van der Waals surface area (Å²) in [4.78, 5) is 0. The fraction of sp³-hybridized carbons (Fsp3) is 0.818. The highest BCUT2D eigenvalue weighted by atomic mass is 31.2. The van der Waals surface area contributed by atoms with E-state index in [9.17, 15) is 0 Å². The third-order valence-electron chi connectivity index (χ3n) is 7.16. The Labute approximate surface area is 232 Å². The van der Waals surface area contributed by atoms with Gasteiger partial charge in [0.1, 0.15) is 18.3 Å². The smallest absolute Gasteiger partial charge is 0.170 e. The van der Waals surface area contributed by atoms with Crippen molar-refractivity contribution >= 4 is 13.2 Å². The predicted molar refractivity (Wildman–Crippen MR) is 165 cm³/mol. The molecule has 3 atom stereocenters. The highest BCUT2D eigenvalue weighted by molar-refractivity contribution is 7.69. The van der Waals surface area contributed by atoms with Crippen molar-refractivity contribution in [2.45, 2.75) is 175 Å². The third kappa shape index (κ3) is 14.5. The van der Waals surface area contributed by atoms with Crippen LogP contribution in [0.2, 0.25) is 0 Å². The standard InChI is InChI=1S/C33H62O3P/c1-7-13-17-25-30(22-10-4)34-37(33-28-20-16-21-29-33,35-31(23-11-5)26-18-14-8-2)36-32(24-12-6)27-19-15-9-3/h16,20-21,28-32H,7-15,17-19,22-27H2,1-6H3/q+1. The van der Waals surface area contributed by atoms with Crippen LogP contribution < -0.4 is 5.30 Å². The molecular formula is C33H62O3P+. The van der Waals surface area contributed by atoms with Crippen LogP contribution in [0.1, 0.15) is 157 Å². The number of unbranched alkanes of at least 4 members (excludes halogenated alkanes) is 6. The van der Waals surface area contributed by atoms with Gasteiger partial charge in [-0.1, -0.05) is 137 Å². The number of rotatable bonds is 25. The minimum absolute atomic E-state index is 0.181. The summed E-state index contributed by atoms with van der Waals surface area (Å²) in [6.07, 6.45) is 21.5. The van der Waals surface area contributed by atoms with E-state index in [2.05, 4.69) is 71.9 Å². The Bertz CT molecular complexity index is 568. The molecule has 0 aliphatic carbocycles. The maximum absolute atomic E-state index is 7.24. The average Bonchev–Trinajstić information content (AvgIpc) is 2.90. The largest absolute Gasteiger partial charge is 0.449 e. The van der Waals surface area contributed by atoms with Gasteiger partial charge in [-0.3, -0.25) is 0 Å². The third-order valence-corrected chi connectivity index (χ3v) is 9.81. The van der Waals surface area contributed by atoms with Gasteiger partial charge in [0.2, 0.25) is 0 Å². The van der Waals surface area contributed by atoms with Gasteiger partial charge >= 0.3 is 7.94 Å². The highest BCUT2D eigenvalue weighted by Gasteiger charge is 2.53. The normalized spacial score (nSPS) is 15.8. The fourth-order valence-corrected chi connectivity index (χ4v) is 7.90. The Morgan fingerprint density at radius 1 is 0.459 bits per heavy atom. The van der Waals surface area contributed by atoms with Crippen molar-refractivity contribution in [2.24, 2.45) is 0 Å².